The van der Waals surface area contributed by atoms with E-state index in [4.69, 9.17) is 4.74 Å². The van der Waals surface area contributed by atoms with E-state index in [9.17, 15) is 14.7 Å². The number of fused-ring (bicyclic) bond motifs is 3. The Morgan fingerprint density at radius 2 is 1.86 bits per heavy atom. The van der Waals surface area contributed by atoms with Gasteiger partial charge in [-0.1, -0.05) is 66.7 Å². The monoisotopic (exact) mass is 678 g/mol. The highest BCUT2D eigenvalue weighted by Crippen LogP contribution is 2.60. The number of halogens is 1. The highest BCUT2D eigenvalue weighted by Gasteiger charge is 2.66. The van der Waals surface area contributed by atoms with Crippen molar-refractivity contribution in [1.29, 1.82) is 0 Å². The molecule has 1 saturated heterocycles. The Morgan fingerprint density at radius 1 is 1.10 bits per heavy atom. The molecule has 2 aromatic heterocycles. The zero-order valence-corrected chi connectivity index (χ0v) is 28.7. The van der Waals surface area contributed by atoms with Crippen molar-refractivity contribution in [2.45, 2.75) is 56.1 Å². The summed E-state index contributed by atoms with van der Waals surface area (Å²) in [5.74, 6) is -1.11. The highest BCUT2D eigenvalue weighted by molar-refractivity contribution is 6.72. The van der Waals surface area contributed by atoms with Crippen LogP contribution in [0, 0.1) is 5.92 Å². The van der Waals surface area contributed by atoms with Crippen LogP contribution >= 0.6 is 0 Å². The van der Waals surface area contributed by atoms with Crippen molar-refractivity contribution in [3.63, 3.8) is 0 Å². The summed E-state index contributed by atoms with van der Waals surface area (Å²) in [5, 5.41) is 24.5. The molecule has 0 radical (unpaired) electrons. The lowest BCUT2D eigenvalue weighted by atomic mass is 9.82. The van der Waals surface area contributed by atoms with Gasteiger partial charge in [-0.3, -0.25) is 14.3 Å². The van der Waals surface area contributed by atoms with Crippen molar-refractivity contribution in [2.24, 2.45) is 5.92 Å². The first-order chi connectivity index (χ1) is 23.6. The van der Waals surface area contributed by atoms with Crippen molar-refractivity contribution < 1.29 is 18.7 Å². The number of hydrogen-bond acceptors (Lipinski definition) is 7. The van der Waals surface area contributed by atoms with Crippen molar-refractivity contribution in [2.75, 3.05) is 18.1 Å². The predicted molar refractivity (Wildman–Crippen MR) is 188 cm³/mol. The maximum absolute atomic E-state index is 16.4. The van der Waals surface area contributed by atoms with Crippen LogP contribution in [0.15, 0.2) is 103 Å². The normalized spacial score (nSPS) is 22.6. The Hall–Kier alpha value is -4.78. The predicted octanol–water partition coefficient (Wildman–Crippen LogP) is 5.50. The standard InChI is InChI=1S/C37H39FN6O4Si/c1-5-18-43-32-16-15-27(44-35(46)28-14-10-9-13-26(28)21-39-44)20-30(32)37(36(43)47)24(2)34(49(3,4)38)33(48-37)17-19-42-22-31(40-41-42)29(23-45)25-11-7-6-8-12-25/h5-16,20-22,24,29,33-34,45H,1,17-19,23H2,2-4H3/t24-,29?,33+,34-,37+/m0/s1. The lowest BCUT2D eigenvalue weighted by Gasteiger charge is -2.31. The molecular weight excluding hydrogens is 640 g/mol. The second kappa shape index (κ2) is 12.6. The van der Waals surface area contributed by atoms with Gasteiger partial charge in [0.05, 0.1) is 47.3 Å². The number of rotatable bonds is 10. The summed E-state index contributed by atoms with van der Waals surface area (Å²) < 4.78 is 26.3. The molecule has 0 aliphatic carbocycles. The quantitative estimate of drug-likeness (QED) is 0.118. The molecule has 1 fully saturated rings. The minimum absolute atomic E-state index is 0.121. The minimum atomic E-state index is -3.41. The van der Waals surface area contributed by atoms with E-state index in [0.29, 0.717) is 41.0 Å². The molecule has 0 saturated carbocycles. The first-order valence-corrected chi connectivity index (χ1v) is 19.5. The van der Waals surface area contributed by atoms with E-state index in [1.165, 1.54) is 4.68 Å². The maximum Gasteiger partial charge on any atom is 0.279 e. The Labute approximate surface area is 284 Å². The van der Waals surface area contributed by atoms with E-state index in [2.05, 4.69) is 22.0 Å². The van der Waals surface area contributed by atoms with E-state index in [0.717, 1.165) is 10.9 Å². The van der Waals surface area contributed by atoms with Gasteiger partial charge in [-0.15, -0.1) is 11.7 Å². The molecule has 5 atom stereocenters. The van der Waals surface area contributed by atoms with Crippen molar-refractivity contribution >= 4 is 30.8 Å². The van der Waals surface area contributed by atoms with E-state index < -0.39 is 31.6 Å². The molecule has 1 spiro atoms. The summed E-state index contributed by atoms with van der Waals surface area (Å²) in [5.41, 5.74) is 1.02. The molecule has 1 amide bonds. The third-order valence-corrected chi connectivity index (χ3v) is 12.6. The van der Waals surface area contributed by atoms with Gasteiger partial charge in [0.1, 0.15) is 0 Å². The third-order valence-electron chi connectivity index (χ3n) is 10.1. The van der Waals surface area contributed by atoms with Gasteiger partial charge in [-0.05, 0) is 49.3 Å². The van der Waals surface area contributed by atoms with Gasteiger partial charge < -0.3 is 18.9 Å². The van der Waals surface area contributed by atoms with Gasteiger partial charge in [0, 0.05) is 41.7 Å². The van der Waals surface area contributed by atoms with Crippen LogP contribution in [0.4, 0.5) is 9.80 Å². The molecule has 1 N–H and O–H groups in total. The summed E-state index contributed by atoms with van der Waals surface area (Å²) >= 11 is 0. The van der Waals surface area contributed by atoms with Gasteiger partial charge in [-0.25, -0.2) is 0 Å². The number of anilines is 1. The fraction of sp³-hybridized carbons (Fsp3) is 0.324. The van der Waals surface area contributed by atoms with Gasteiger partial charge in [0.25, 0.3) is 11.5 Å². The fourth-order valence-corrected chi connectivity index (χ4v) is 10.5. The molecule has 252 valence electrons. The van der Waals surface area contributed by atoms with Crippen LogP contribution in [0.1, 0.15) is 36.1 Å². The van der Waals surface area contributed by atoms with E-state index in [1.54, 1.807) is 59.3 Å². The zero-order chi connectivity index (χ0) is 34.5. The number of aliphatic hydroxyl groups is 1. The molecule has 7 rings (SSSR count). The number of nitrogens with zero attached hydrogens (tertiary/aromatic N) is 6. The molecule has 12 heteroatoms. The zero-order valence-electron chi connectivity index (χ0n) is 27.7. The number of benzene rings is 3. The first-order valence-electron chi connectivity index (χ1n) is 16.6. The van der Waals surface area contributed by atoms with Crippen LogP contribution in [0.25, 0.3) is 16.5 Å². The number of aryl methyl sites for hydroxylation is 1. The van der Waals surface area contributed by atoms with Crippen LogP contribution in [0.2, 0.25) is 18.6 Å². The molecular formula is C37H39FN6O4Si. The molecule has 10 nitrogen and oxygen atoms in total. The highest BCUT2D eigenvalue weighted by atomic mass is 28.4. The van der Waals surface area contributed by atoms with E-state index >= 15 is 4.11 Å². The lowest BCUT2D eigenvalue weighted by molar-refractivity contribution is -0.145. The average molecular weight is 679 g/mol. The second-order valence-corrected chi connectivity index (χ2v) is 17.3. The number of hydrogen-bond donors (Lipinski definition) is 1. The SMILES string of the molecule is C=CCN1C(=O)[C@]2(O[C@H](CCn3cc(C(CO)c4ccccc4)nn3)[C@@H]([Si](C)(C)F)[C@@H]2C)c2cc(-n3ncc4ccccc4c3=O)ccc21. The van der Waals surface area contributed by atoms with Gasteiger partial charge in [-0.2, -0.15) is 9.78 Å². The van der Waals surface area contributed by atoms with E-state index in [-0.39, 0.29) is 30.5 Å². The third kappa shape index (κ3) is 5.44. The van der Waals surface area contributed by atoms with Crippen molar-refractivity contribution in [3.05, 3.63) is 125 Å². The van der Waals surface area contributed by atoms with Crippen LogP contribution in [0.5, 0.6) is 0 Å². The Kier molecular flexibility index (Phi) is 8.41. The van der Waals surface area contributed by atoms with Crippen LogP contribution < -0.4 is 10.5 Å². The second-order valence-electron chi connectivity index (χ2n) is 13.5. The Morgan fingerprint density at radius 3 is 2.59 bits per heavy atom. The topological polar surface area (TPSA) is 115 Å². The summed E-state index contributed by atoms with van der Waals surface area (Å²) in [4.78, 5) is 29.7. The lowest BCUT2D eigenvalue weighted by Crippen LogP contribution is -2.45. The Balaban J connectivity index is 1.25. The smallest absolute Gasteiger partial charge is 0.279 e. The summed E-state index contributed by atoms with van der Waals surface area (Å²) in [6.07, 6.45) is 4.90. The van der Waals surface area contributed by atoms with Gasteiger partial charge in [0.2, 0.25) is 8.41 Å². The van der Waals surface area contributed by atoms with Gasteiger partial charge in [0.15, 0.2) is 5.60 Å². The van der Waals surface area contributed by atoms with Crippen LogP contribution in [0.3, 0.4) is 0 Å². The van der Waals surface area contributed by atoms with E-state index in [1.807, 2.05) is 61.5 Å². The maximum atomic E-state index is 16.4. The molecule has 49 heavy (non-hydrogen) atoms. The molecule has 2 aliphatic rings. The first kappa shape index (κ1) is 32.7. The molecule has 2 aliphatic heterocycles. The summed E-state index contributed by atoms with van der Waals surface area (Å²) in [6.45, 7) is 9.61. The molecule has 1 unspecified atom stereocenters. The number of carbonyl (C=O) groups excluding carboxylic acids is 1. The minimum Gasteiger partial charge on any atom is -0.395 e. The molecule has 4 heterocycles. The molecule has 5 aromatic rings. The molecule has 0 bridgehead atoms. The van der Waals surface area contributed by atoms with Gasteiger partial charge >= 0.3 is 0 Å². The number of aliphatic hydroxyl groups excluding tert-OH is 1. The number of ether oxygens (including phenoxy) is 1. The largest absolute Gasteiger partial charge is 0.395 e. The number of amides is 1. The van der Waals surface area contributed by atoms with Crippen LogP contribution in [-0.2, 0) is 21.7 Å². The number of aromatic nitrogens is 5. The number of carbonyl (C=O) groups is 1. The van der Waals surface area contributed by atoms with Crippen LogP contribution in [-0.4, -0.2) is 63.5 Å². The average Bonchev–Trinajstić information content (AvgIpc) is 3.75. The summed E-state index contributed by atoms with van der Waals surface area (Å²) in [7, 11) is -3.41. The van der Waals surface area contributed by atoms with Crippen molar-refractivity contribution in [1.82, 2.24) is 24.8 Å². The summed E-state index contributed by atoms with van der Waals surface area (Å²) in [6, 6.07) is 22.3. The Bertz CT molecular complexity index is 2100. The fourth-order valence-electron chi connectivity index (χ4n) is 7.92. The molecule has 3 aromatic carbocycles. The van der Waals surface area contributed by atoms with Crippen molar-refractivity contribution in [3.8, 4) is 5.69 Å².